The zero-order chi connectivity index (χ0) is 26.5. The third-order valence-electron chi connectivity index (χ3n) is 6.53. The number of amides is 1. The fraction of sp³-hybridized carbons (Fsp3) is 0.250. The minimum atomic E-state index is -0.174. The Labute approximate surface area is 230 Å². The fourth-order valence-corrected chi connectivity index (χ4v) is 4.72. The molecule has 0 spiro atoms. The van der Waals surface area contributed by atoms with Gasteiger partial charge >= 0.3 is 0 Å². The second-order valence-electron chi connectivity index (χ2n) is 9.35. The van der Waals surface area contributed by atoms with Crippen LogP contribution in [-0.2, 0) is 6.54 Å². The number of hydrogen-bond donors (Lipinski definition) is 2. The summed E-state index contributed by atoms with van der Waals surface area (Å²) in [7, 11) is 2.15. The number of aromatic nitrogens is 4. The van der Waals surface area contributed by atoms with Crippen molar-refractivity contribution in [3.05, 3.63) is 88.4 Å². The maximum atomic E-state index is 13.1. The highest BCUT2D eigenvalue weighted by Gasteiger charge is 2.16. The van der Waals surface area contributed by atoms with E-state index in [4.69, 9.17) is 0 Å². The minimum absolute atomic E-state index is 0.174. The van der Waals surface area contributed by atoms with E-state index in [0.717, 1.165) is 48.4 Å². The number of anilines is 3. The lowest BCUT2D eigenvalue weighted by atomic mass is 10.1. The molecular weight excluding hydrogens is 544 g/mol. The predicted octanol–water partition coefficient (Wildman–Crippen LogP) is 4.75. The molecular formula is C28H29BrN8O. The van der Waals surface area contributed by atoms with Crippen LogP contribution in [0.2, 0.25) is 0 Å². The minimum Gasteiger partial charge on any atom is -0.324 e. The summed E-state index contributed by atoms with van der Waals surface area (Å²) >= 11 is 3.67. The second-order valence-corrected chi connectivity index (χ2v) is 10.2. The summed E-state index contributed by atoms with van der Waals surface area (Å²) in [6.45, 7) is 7.09. The standard InChI is InChI=1S/C28H29BrN8O/c1-19-3-6-22(16-25(19)35-28-32-8-7-24(34-28)26-17-30-9-10-31-26)33-27(38)20-4-5-21(23(29)15-20)18-37-13-11-36(2)12-14-37/h3-10,15-17H,11-14,18H2,1-2H3,(H,33,38)(H,32,34,35). The lowest BCUT2D eigenvalue weighted by Gasteiger charge is -2.32. The highest BCUT2D eigenvalue weighted by Crippen LogP contribution is 2.25. The summed E-state index contributed by atoms with van der Waals surface area (Å²) in [4.78, 5) is 35.1. The maximum absolute atomic E-state index is 13.1. The molecule has 1 aliphatic rings. The van der Waals surface area contributed by atoms with Crippen molar-refractivity contribution < 1.29 is 4.79 Å². The Bertz CT molecular complexity index is 1420. The number of aryl methyl sites for hydroxylation is 1. The third-order valence-corrected chi connectivity index (χ3v) is 7.27. The Morgan fingerprint density at radius 3 is 2.58 bits per heavy atom. The first-order chi connectivity index (χ1) is 18.4. The largest absolute Gasteiger partial charge is 0.324 e. The van der Waals surface area contributed by atoms with Gasteiger partial charge in [0, 0.05) is 72.7 Å². The average Bonchev–Trinajstić information content (AvgIpc) is 2.93. The van der Waals surface area contributed by atoms with E-state index in [1.54, 1.807) is 30.9 Å². The molecule has 0 saturated carbocycles. The average molecular weight is 573 g/mol. The first kappa shape index (κ1) is 25.9. The van der Waals surface area contributed by atoms with Crippen molar-refractivity contribution in [2.45, 2.75) is 13.5 Å². The first-order valence-corrected chi connectivity index (χ1v) is 13.2. The van der Waals surface area contributed by atoms with Crippen LogP contribution in [0.25, 0.3) is 11.4 Å². The van der Waals surface area contributed by atoms with Gasteiger partial charge in [-0.1, -0.05) is 28.1 Å². The SMILES string of the molecule is Cc1ccc(NC(=O)c2ccc(CN3CCN(C)CC3)c(Br)c2)cc1Nc1nccc(-c2cnccn2)n1. The van der Waals surface area contributed by atoms with Gasteiger partial charge in [-0.2, -0.15) is 0 Å². The second kappa shape index (κ2) is 11.8. The Kier molecular flexibility index (Phi) is 8.02. The Balaban J connectivity index is 1.26. The quantitative estimate of drug-likeness (QED) is 0.327. The normalized spacial score (nSPS) is 14.3. The van der Waals surface area contributed by atoms with Gasteiger partial charge < -0.3 is 15.5 Å². The van der Waals surface area contributed by atoms with Crippen LogP contribution in [0.15, 0.2) is 71.7 Å². The summed E-state index contributed by atoms with van der Waals surface area (Å²) in [6, 6.07) is 13.3. The molecule has 0 bridgehead atoms. The molecule has 0 unspecified atom stereocenters. The number of likely N-dealkylation sites (N-methyl/N-ethyl adjacent to an activating group) is 1. The van der Waals surface area contributed by atoms with E-state index in [9.17, 15) is 4.79 Å². The molecule has 2 aromatic heterocycles. The van der Waals surface area contributed by atoms with E-state index in [1.807, 2.05) is 43.3 Å². The molecule has 4 aromatic rings. The van der Waals surface area contributed by atoms with Crippen LogP contribution in [0.5, 0.6) is 0 Å². The van der Waals surface area contributed by atoms with Gasteiger partial charge in [0.05, 0.1) is 11.9 Å². The number of nitrogens with one attached hydrogen (secondary N) is 2. The number of carbonyl (C=O) groups excluding carboxylic acids is 1. The zero-order valence-electron chi connectivity index (χ0n) is 21.4. The van der Waals surface area contributed by atoms with Crippen molar-refractivity contribution in [1.82, 2.24) is 29.7 Å². The van der Waals surface area contributed by atoms with Crippen LogP contribution in [0.3, 0.4) is 0 Å². The van der Waals surface area contributed by atoms with Gasteiger partial charge in [0.15, 0.2) is 0 Å². The van der Waals surface area contributed by atoms with Crippen molar-refractivity contribution in [2.24, 2.45) is 0 Å². The summed E-state index contributed by atoms with van der Waals surface area (Å²) in [5.41, 5.74) is 5.56. The molecule has 38 heavy (non-hydrogen) atoms. The number of piperazine rings is 1. The topological polar surface area (TPSA) is 99.2 Å². The van der Waals surface area contributed by atoms with Crippen LogP contribution < -0.4 is 10.6 Å². The molecule has 2 N–H and O–H groups in total. The van der Waals surface area contributed by atoms with Crippen molar-refractivity contribution in [3.8, 4) is 11.4 Å². The van der Waals surface area contributed by atoms with E-state index in [2.05, 4.69) is 63.3 Å². The van der Waals surface area contributed by atoms with E-state index in [1.165, 1.54) is 5.56 Å². The smallest absolute Gasteiger partial charge is 0.255 e. The molecule has 2 aromatic carbocycles. The van der Waals surface area contributed by atoms with Gasteiger partial charge in [0.1, 0.15) is 5.69 Å². The summed E-state index contributed by atoms with van der Waals surface area (Å²) in [6.07, 6.45) is 6.57. The molecule has 0 atom stereocenters. The summed E-state index contributed by atoms with van der Waals surface area (Å²) in [5.74, 6) is 0.257. The van der Waals surface area contributed by atoms with E-state index >= 15 is 0 Å². The highest BCUT2D eigenvalue weighted by atomic mass is 79.9. The summed E-state index contributed by atoms with van der Waals surface area (Å²) in [5, 5.41) is 6.26. The van der Waals surface area contributed by atoms with Crippen LogP contribution >= 0.6 is 15.9 Å². The molecule has 194 valence electrons. The molecule has 1 amide bonds. The van der Waals surface area contributed by atoms with Gasteiger partial charge in [0.25, 0.3) is 5.91 Å². The Hall–Kier alpha value is -3.73. The van der Waals surface area contributed by atoms with E-state index < -0.39 is 0 Å². The highest BCUT2D eigenvalue weighted by molar-refractivity contribution is 9.10. The molecule has 3 heterocycles. The number of nitrogens with zero attached hydrogens (tertiary/aromatic N) is 6. The molecule has 0 radical (unpaired) electrons. The van der Waals surface area contributed by atoms with E-state index in [0.29, 0.717) is 28.6 Å². The predicted molar refractivity (Wildman–Crippen MR) is 152 cm³/mol. The summed E-state index contributed by atoms with van der Waals surface area (Å²) < 4.78 is 0.940. The molecule has 0 aliphatic carbocycles. The molecule has 9 nitrogen and oxygen atoms in total. The van der Waals surface area contributed by atoms with Crippen molar-refractivity contribution in [1.29, 1.82) is 0 Å². The van der Waals surface area contributed by atoms with Crippen LogP contribution in [0.1, 0.15) is 21.5 Å². The van der Waals surface area contributed by atoms with Gasteiger partial charge in [-0.15, -0.1) is 0 Å². The van der Waals surface area contributed by atoms with Gasteiger partial charge in [-0.25, -0.2) is 9.97 Å². The number of halogens is 1. The Morgan fingerprint density at radius 2 is 1.82 bits per heavy atom. The Morgan fingerprint density at radius 1 is 0.974 bits per heavy atom. The van der Waals surface area contributed by atoms with Crippen molar-refractivity contribution in [2.75, 3.05) is 43.9 Å². The number of benzene rings is 2. The van der Waals surface area contributed by atoms with Crippen LogP contribution in [-0.4, -0.2) is 68.9 Å². The zero-order valence-corrected chi connectivity index (χ0v) is 22.9. The van der Waals surface area contributed by atoms with Crippen LogP contribution in [0.4, 0.5) is 17.3 Å². The number of hydrogen-bond acceptors (Lipinski definition) is 8. The lowest BCUT2D eigenvalue weighted by Crippen LogP contribution is -2.43. The third kappa shape index (κ3) is 6.39. The van der Waals surface area contributed by atoms with Gasteiger partial charge in [0.2, 0.25) is 5.95 Å². The number of carbonyl (C=O) groups is 1. The molecule has 1 aliphatic heterocycles. The maximum Gasteiger partial charge on any atom is 0.255 e. The van der Waals surface area contributed by atoms with Crippen molar-refractivity contribution >= 4 is 39.2 Å². The van der Waals surface area contributed by atoms with Gasteiger partial charge in [-0.3, -0.25) is 19.7 Å². The van der Waals surface area contributed by atoms with E-state index in [-0.39, 0.29) is 5.91 Å². The molecule has 1 saturated heterocycles. The fourth-order valence-electron chi connectivity index (χ4n) is 4.21. The van der Waals surface area contributed by atoms with Crippen LogP contribution in [0, 0.1) is 6.92 Å². The molecule has 10 heteroatoms. The monoisotopic (exact) mass is 572 g/mol. The first-order valence-electron chi connectivity index (χ1n) is 12.4. The van der Waals surface area contributed by atoms with Gasteiger partial charge in [-0.05, 0) is 55.4 Å². The molecule has 5 rings (SSSR count). The number of rotatable bonds is 7. The van der Waals surface area contributed by atoms with Crippen molar-refractivity contribution in [3.63, 3.8) is 0 Å². The molecule has 1 fully saturated rings. The lowest BCUT2D eigenvalue weighted by molar-refractivity contribution is 0.102.